The van der Waals surface area contributed by atoms with Crippen LogP contribution in [0.25, 0.3) is 5.69 Å². The molecule has 18 heavy (non-hydrogen) atoms. The van der Waals surface area contributed by atoms with Gasteiger partial charge in [0.1, 0.15) is 12.1 Å². The average Bonchev–Trinajstić information content (AvgIpc) is 2.83. The molecule has 0 fully saturated rings. The number of hydrogen-bond donors (Lipinski definition) is 3. The molecule has 0 radical (unpaired) electrons. The van der Waals surface area contributed by atoms with Gasteiger partial charge in [0.15, 0.2) is 0 Å². The van der Waals surface area contributed by atoms with Crippen molar-refractivity contribution in [2.24, 2.45) is 0 Å². The van der Waals surface area contributed by atoms with E-state index in [4.69, 9.17) is 5.73 Å². The van der Waals surface area contributed by atoms with Gasteiger partial charge in [-0.05, 0) is 17.7 Å². The van der Waals surface area contributed by atoms with Crippen molar-refractivity contribution in [3.8, 4) is 5.69 Å². The van der Waals surface area contributed by atoms with Crippen molar-refractivity contribution >= 4 is 11.7 Å². The monoisotopic (exact) mass is 246 g/mol. The number of nitrogens with zero attached hydrogens (tertiary/aromatic N) is 2. The van der Waals surface area contributed by atoms with Crippen LogP contribution in [-0.4, -0.2) is 27.6 Å². The lowest BCUT2D eigenvalue weighted by Gasteiger charge is -2.09. The van der Waals surface area contributed by atoms with Crippen molar-refractivity contribution in [2.75, 3.05) is 12.8 Å². The fourth-order valence-corrected chi connectivity index (χ4v) is 1.69. The first kappa shape index (κ1) is 12.1. The van der Waals surface area contributed by atoms with Crippen LogP contribution >= 0.6 is 0 Å². The van der Waals surface area contributed by atoms with Gasteiger partial charge in [-0.3, -0.25) is 4.79 Å². The van der Waals surface area contributed by atoms with Crippen LogP contribution in [0.5, 0.6) is 0 Å². The van der Waals surface area contributed by atoms with E-state index in [9.17, 15) is 9.90 Å². The second kappa shape index (κ2) is 4.89. The largest absolute Gasteiger partial charge is 0.392 e. The molecule has 4 N–H and O–H groups in total. The van der Waals surface area contributed by atoms with Crippen LogP contribution < -0.4 is 11.1 Å². The van der Waals surface area contributed by atoms with Crippen molar-refractivity contribution in [3.05, 3.63) is 41.9 Å². The Balaban J connectivity index is 2.48. The molecule has 0 aliphatic carbocycles. The zero-order valence-corrected chi connectivity index (χ0v) is 9.92. The maximum Gasteiger partial charge on any atom is 0.251 e. The van der Waals surface area contributed by atoms with Crippen LogP contribution in [0.4, 0.5) is 5.82 Å². The Morgan fingerprint density at radius 3 is 2.89 bits per heavy atom. The predicted molar refractivity (Wildman–Crippen MR) is 67.3 cm³/mol. The van der Waals surface area contributed by atoms with Crippen LogP contribution in [0.15, 0.2) is 30.7 Å². The van der Waals surface area contributed by atoms with Gasteiger partial charge in [-0.25, -0.2) is 4.98 Å². The van der Waals surface area contributed by atoms with Gasteiger partial charge in [0.05, 0.1) is 12.8 Å². The number of nitrogens with one attached hydrogen (secondary N) is 1. The van der Waals surface area contributed by atoms with E-state index in [1.54, 1.807) is 42.3 Å². The molecule has 94 valence electrons. The van der Waals surface area contributed by atoms with Gasteiger partial charge in [-0.15, -0.1) is 0 Å². The van der Waals surface area contributed by atoms with Gasteiger partial charge in [0, 0.05) is 18.3 Å². The molecule has 2 rings (SSSR count). The van der Waals surface area contributed by atoms with Crippen molar-refractivity contribution < 1.29 is 9.90 Å². The number of amides is 1. The highest BCUT2D eigenvalue weighted by atomic mass is 16.3. The van der Waals surface area contributed by atoms with Gasteiger partial charge >= 0.3 is 0 Å². The van der Waals surface area contributed by atoms with E-state index in [1.807, 2.05) is 0 Å². The summed E-state index contributed by atoms with van der Waals surface area (Å²) in [6.07, 6.45) is 3.22. The minimum atomic E-state index is -0.242. The van der Waals surface area contributed by atoms with Gasteiger partial charge in [-0.1, -0.05) is 6.07 Å². The van der Waals surface area contributed by atoms with Gasteiger partial charge in [0.2, 0.25) is 0 Å². The Morgan fingerprint density at radius 1 is 1.56 bits per heavy atom. The third-order valence-electron chi connectivity index (χ3n) is 2.64. The van der Waals surface area contributed by atoms with Crippen LogP contribution in [0.3, 0.4) is 0 Å². The number of aromatic nitrogens is 2. The highest BCUT2D eigenvalue weighted by molar-refractivity contribution is 5.96. The number of rotatable bonds is 3. The van der Waals surface area contributed by atoms with Gasteiger partial charge in [-0.2, -0.15) is 0 Å². The zero-order chi connectivity index (χ0) is 13.1. The standard InChI is InChI=1S/C12H14N4O2/c1-14-12(18)10-4-9(3-2-8(10)6-17)16-5-11(13)15-7-16/h2-5,7,17H,6,13H2,1H3,(H,14,18). The number of hydrogen-bond acceptors (Lipinski definition) is 4. The molecule has 0 saturated carbocycles. The van der Waals surface area contributed by atoms with E-state index in [0.717, 1.165) is 5.69 Å². The molecule has 1 amide bonds. The summed E-state index contributed by atoms with van der Waals surface area (Å²) < 4.78 is 1.71. The summed E-state index contributed by atoms with van der Waals surface area (Å²) in [6, 6.07) is 5.18. The summed E-state index contributed by atoms with van der Waals surface area (Å²) >= 11 is 0. The lowest BCUT2D eigenvalue weighted by molar-refractivity contribution is 0.0960. The number of nitrogens with two attached hydrogens (primary N) is 1. The second-order valence-corrected chi connectivity index (χ2v) is 3.78. The molecule has 0 spiro atoms. The van der Waals surface area contributed by atoms with Crippen molar-refractivity contribution in [1.29, 1.82) is 0 Å². The van der Waals surface area contributed by atoms with E-state index >= 15 is 0 Å². The molecule has 0 bridgehead atoms. The van der Waals surface area contributed by atoms with E-state index in [0.29, 0.717) is 16.9 Å². The average molecular weight is 246 g/mol. The first-order chi connectivity index (χ1) is 8.65. The highest BCUT2D eigenvalue weighted by Gasteiger charge is 2.11. The number of aliphatic hydroxyl groups is 1. The molecule has 0 atom stereocenters. The van der Waals surface area contributed by atoms with Crippen LogP contribution in [0, 0.1) is 0 Å². The topological polar surface area (TPSA) is 93.2 Å². The van der Waals surface area contributed by atoms with E-state index in [-0.39, 0.29) is 12.5 Å². The van der Waals surface area contributed by atoms with Crippen LogP contribution in [-0.2, 0) is 6.61 Å². The van der Waals surface area contributed by atoms with Crippen molar-refractivity contribution in [1.82, 2.24) is 14.9 Å². The minimum Gasteiger partial charge on any atom is -0.392 e. The number of imidazole rings is 1. The molecule has 1 aromatic heterocycles. The summed E-state index contributed by atoms with van der Waals surface area (Å²) in [7, 11) is 1.55. The number of benzene rings is 1. The van der Waals surface area contributed by atoms with Crippen LogP contribution in [0.2, 0.25) is 0 Å². The minimum absolute atomic E-state index is 0.185. The summed E-state index contributed by atoms with van der Waals surface area (Å²) in [5, 5.41) is 11.7. The molecule has 1 aromatic carbocycles. The Bertz CT molecular complexity index is 577. The van der Waals surface area contributed by atoms with Crippen LogP contribution in [0.1, 0.15) is 15.9 Å². The lowest BCUT2D eigenvalue weighted by atomic mass is 10.1. The van der Waals surface area contributed by atoms with Gasteiger partial charge < -0.3 is 20.7 Å². The Labute approximate surface area is 104 Å². The zero-order valence-electron chi connectivity index (χ0n) is 9.92. The number of nitrogen functional groups attached to an aromatic ring is 1. The summed E-state index contributed by atoms with van der Waals surface area (Å²) in [5.41, 5.74) is 7.31. The predicted octanol–water partition coefficient (Wildman–Crippen LogP) is 0.306. The Kier molecular flexibility index (Phi) is 3.29. The smallest absolute Gasteiger partial charge is 0.251 e. The van der Waals surface area contributed by atoms with Crippen molar-refractivity contribution in [2.45, 2.75) is 6.61 Å². The summed E-state index contributed by atoms with van der Waals surface area (Å²) in [5.74, 6) is 0.164. The SMILES string of the molecule is CNC(=O)c1cc(-n2cnc(N)c2)ccc1CO. The summed E-state index contributed by atoms with van der Waals surface area (Å²) in [4.78, 5) is 15.6. The number of carbonyl (C=O) groups is 1. The Hall–Kier alpha value is -2.34. The molecule has 0 unspecified atom stereocenters. The second-order valence-electron chi connectivity index (χ2n) is 3.78. The van der Waals surface area contributed by atoms with E-state index in [2.05, 4.69) is 10.3 Å². The van der Waals surface area contributed by atoms with E-state index < -0.39 is 0 Å². The quantitative estimate of drug-likeness (QED) is 0.726. The molecule has 0 saturated heterocycles. The molecule has 6 heteroatoms. The molecule has 6 nitrogen and oxygen atoms in total. The summed E-state index contributed by atoms with van der Waals surface area (Å²) in [6.45, 7) is -0.185. The molecule has 2 aromatic rings. The van der Waals surface area contributed by atoms with Crippen molar-refractivity contribution in [3.63, 3.8) is 0 Å². The third kappa shape index (κ3) is 2.18. The molecular weight excluding hydrogens is 232 g/mol. The molecule has 0 aliphatic heterocycles. The molecule has 1 heterocycles. The fourth-order valence-electron chi connectivity index (χ4n) is 1.69. The third-order valence-corrected chi connectivity index (χ3v) is 2.64. The fraction of sp³-hybridized carbons (Fsp3) is 0.167. The number of aliphatic hydroxyl groups excluding tert-OH is 1. The normalized spacial score (nSPS) is 10.3. The first-order valence-electron chi connectivity index (χ1n) is 5.41. The first-order valence-corrected chi connectivity index (χ1v) is 5.41. The maximum absolute atomic E-state index is 11.7. The lowest BCUT2D eigenvalue weighted by Crippen LogP contribution is -2.20. The number of carbonyl (C=O) groups excluding carboxylic acids is 1. The molecular formula is C12H14N4O2. The van der Waals surface area contributed by atoms with E-state index in [1.165, 1.54) is 0 Å². The Morgan fingerprint density at radius 2 is 2.33 bits per heavy atom. The maximum atomic E-state index is 11.7. The number of anilines is 1. The highest BCUT2D eigenvalue weighted by Crippen LogP contribution is 2.16. The van der Waals surface area contributed by atoms with Gasteiger partial charge in [0.25, 0.3) is 5.91 Å². The molecule has 0 aliphatic rings.